The zero-order chi connectivity index (χ0) is 17.1. The highest BCUT2D eigenvalue weighted by molar-refractivity contribution is 6.03. The van der Waals surface area contributed by atoms with E-state index in [-0.39, 0.29) is 12.4 Å². The first-order valence-electron chi connectivity index (χ1n) is 7.83. The minimum absolute atomic E-state index is 0.287. The van der Waals surface area contributed by atoms with Crippen molar-refractivity contribution in [3.63, 3.8) is 0 Å². The number of hydrogen-bond acceptors (Lipinski definition) is 5. The predicted octanol–water partition coefficient (Wildman–Crippen LogP) is 3.40. The van der Waals surface area contributed by atoms with Crippen LogP contribution in [0.5, 0.6) is 0 Å². The summed E-state index contributed by atoms with van der Waals surface area (Å²) in [5.41, 5.74) is 11.2. The molecule has 3 rings (SSSR count). The van der Waals surface area contributed by atoms with Crippen LogP contribution >= 0.6 is 0 Å². The minimum atomic E-state index is -0.351. The van der Waals surface area contributed by atoms with Crippen LogP contribution in [0.1, 0.15) is 24.5 Å². The highest BCUT2D eigenvalue weighted by atomic mass is 16.5. The lowest BCUT2D eigenvalue weighted by atomic mass is 10.0. The third-order valence-corrected chi connectivity index (χ3v) is 3.74. The molecule has 2 heterocycles. The van der Waals surface area contributed by atoms with Gasteiger partial charge in [0.2, 0.25) is 0 Å². The second-order valence-electron chi connectivity index (χ2n) is 5.69. The maximum Gasteiger partial charge on any atom is 0.334 e. The molecule has 0 aliphatic carbocycles. The van der Waals surface area contributed by atoms with E-state index >= 15 is 0 Å². The van der Waals surface area contributed by atoms with Crippen LogP contribution in [-0.4, -0.2) is 23.4 Å². The van der Waals surface area contributed by atoms with Gasteiger partial charge in [0.15, 0.2) is 0 Å². The van der Waals surface area contributed by atoms with Gasteiger partial charge in [-0.2, -0.15) is 0 Å². The van der Waals surface area contributed by atoms with Gasteiger partial charge in [-0.1, -0.05) is 12.1 Å². The molecule has 5 heteroatoms. The van der Waals surface area contributed by atoms with E-state index < -0.39 is 0 Å². The first kappa shape index (κ1) is 15.9. The number of nitrogens with zero attached hydrogens (tertiary/aromatic N) is 2. The van der Waals surface area contributed by atoms with E-state index in [2.05, 4.69) is 16.0 Å². The minimum Gasteiger partial charge on any atom is -0.463 e. The third-order valence-electron chi connectivity index (χ3n) is 3.74. The molecular formula is C19H19N3O2. The fourth-order valence-electron chi connectivity index (χ4n) is 2.64. The fourth-order valence-corrected chi connectivity index (χ4v) is 2.64. The highest BCUT2D eigenvalue weighted by Gasteiger charge is 2.17. The van der Waals surface area contributed by atoms with Crippen molar-refractivity contribution in [3.05, 3.63) is 53.4 Å². The molecule has 0 unspecified atom stereocenters. The number of nitrogens with two attached hydrogens (primary N) is 1. The largest absolute Gasteiger partial charge is 0.463 e. The van der Waals surface area contributed by atoms with Gasteiger partial charge in [0, 0.05) is 35.5 Å². The van der Waals surface area contributed by atoms with Crippen LogP contribution in [-0.2, 0) is 9.53 Å². The zero-order valence-corrected chi connectivity index (χ0v) is 13.7. The number of benzene rings is 1. The first-order chi connectivity index (χ1) is 11.6. The number of pyridine rings is 1. The molecule has 0 saturated carbocycles. The first-order valence-corrected chi connectivity index (χ1v) is 7.83. The molecule has 1 aromatic heterocycles. The van der Waals surface area contributed by atoms with Crippen molar-refractivity contribution in [2.75, 3.05) is 6.61 Å². The summed E-state index contributed by atoms with van der Waals surface area (Å²) in [6, 6.07) is 7.96. The van der Waals surface area contributed by atoms with Crippen molar-refractivity contribution in [2.24, 2.45) is 10.7 Å². The van der Waals surface area contributed by atoms with Crippen molar-refractivity contribution in [1.82, 2.24) is 4.98 Å². The Kier molecular flexibility index (Phi) is 4.42. The van der Waals surface area contributed by atoms with E-state index in [0.29, 0.717) is 18.0 Å². The standard InChI is InChI=1S/C19H19N3O2/c1-3-24-19(23)15-7-14-5-4-13(8-17(14)22-18(20)9-15)16-6-12(2)10-21-11-16/h4-8,10-11H,3,9H2,1-2H3,(H2,20,22). The van der Waals surface area contributed by atoms with Gasteiger partial charge in [-0.05, 0) is 43.2 Å². The lowest BCUT2D eigenvalue weighted by Gasteiger charge is -2.06. The molecule has 2 N–H and O–H groups in total. The predicted molar refractivity (Wildman–Crippen MR) is 94.9 cm³/mol. The Morgan fingerprint density at radius 1 is 1.25 bits per heavy atom. The normalized spacial score (nSPS) is 13.4. The van der Waals surface area contributed by atoms with Crippen LogP contribution < -0.4 is 5.73 Å². The molecule has 1 aromatic carbocycles. The van der Waals surface area contributed by atoms with E-state index in [1.807, 2.05) is 37.5 Å². The summed E-state index contributed by atoms with van der Waals surface area (Å²) in [6.07, 6.45) is 5.72. The molecule has 0 saturated heterocycles. The van der Waals surface area contributed by atoms with Crippen molar-refractivity contribution in [3.8, 4) is 11.1 Å². The monoisotopic (exact) mass is 321 g/mol. The average molecular weight is 321 g/mol. The number of hydrogen-bond donors (Lipinski definition) is 1. The summed E-state index contributed by atoms with van der Waals surface area (Å²) in [7, 11) is 0. The van der Waals surface area contributed by atoms with Crippen LogP contribution in [0, 0.1) is 6.92 Å². The molecule has 5 nitrogen and oxygen atoms in total. The number of amidine groups is 1. The number of ether oxygens (including phenoxy) is 1. The third kappa shape index (κ3) is 3.35. The maximum absolute atomic E-state index is 12.0. The second kappa shape index (κ2) is 6.66. The van der Waals surface area contributed by atoms with E-state index in [0.717, 1.165) is 27.9 Å². The van der Waals surface area contributed by atoms with Gasteiger partial charge in [-0.25, -0.2) is 9.79 Å². The lowest BCUT2D eigenvalue weighted by molar-refractivity contribution is -0.138. The van der Waals surface area contributed by atoms with Gasteiger partial charge < -0.3 is 10.5 Å². The van der Waals surface area contributed by atoms with Crippen LogP contribution in [0.3, 0.4) is 0 Å². The number of esters is 1. The molecular weight excluding hydrogens is 302 g/mol. The van der Waals surface area contributed by atoms with Crippen molar-refractivity contribution >= 4 is 23.6 Å². The molecule has 0 radical (unpaired) electrons. The van der Waals surface area contributed by atoms with Crippen LogP contribution in [0.2, 0.25) is 0 Å². The van der Waals surface area contributed by atoms with Crippen LogP contribution in [0.25, 0.3) is 17.2 Å². The molecule has 0 fully saturated rings. The van der Waals surface area contributed by atoms with Crippen molar-refractivity contribution in [2.45, 2.75) is 20.3 Å². The van der Waals surface area contributed by atoms with Crippen molar-refractivity contribution < 1.29 is 9.53 Å². The van der Waals surface area contributed by atoms with Crippen LogP contribution in [0.4, 0.5) is 5.69 Å². The Balaban J connectivity index is 2.04. The quantitative estimate of drug-likeness (QED) is 0.879. The summed E-state index contributed by atoms with van der Waals surface area (Å²) in [6.45, 7) is 4.12. The Morgan fingerprint density at radius 2 is 2.08 bits per heavy atom. The maximum atomic E-state index is 12.0. The van der Waals surface area contributed by atoms with E-state index in [1.54, 1.807) is 13.0 Å². The van der Waals surface area contributed by atoms with E-state index in [4.69, 9.17) is 10.5 Å². The molecule has 0 bridgehead atoms. The second-order valence-corrected chi connectivity index (χ2v) is 5.69. The Morgan fingerprint density at radius 3 is 2.83 bits per heavy atom. The number of carbonyl (C=O) groups is 1. The van der Waals surface area contributed by atoms with Crippen LogP contribution in [0.15, 0.2) is 47.2 Å². The van der Waals surface area contributed by atoms with Gasteiger partial charge in [0.05, 0.1) is 12.3 Å². The van der Waals surface area contributed by atoms with Crippen molar-refractivity contribution in [1.29, 1.82) is 0 Å². The van der Waals surface area contributed by atoms with Gasteiger partial charge in [0.1, 0.15) is 5.84 Å². The number of aryl methyl sites for hydroxylation is 1. The Hall–Kier alpha value is -2.95. The average Bonchev–Trinajstić information content (AvgIpc) is 2.72. The SMILES string of the molecule is CCOC(=O)C1=Cc2ccc(-c3cncc(C)c3)cc2N=C(N)C1. The number of aliphatic imine (C=N–C) groups is 1. The summed E-state index contributed by atoms with van der Waals surface area (Å²) in [4.78, 5) is 20.7. The number of fused-ring (bicyclic) bond motifs is 1. The highest BCUT2D eigenvalue weighted by Crippen LogP contribution is 2.31. The zero-order valence-electron chi connectivity index (χ0n) is 13.7. The van der Waals surface area contributed by atoms with Gasteiger partial charge in [0.25, 0.3) is 0 Å². The summed E-state index contributed by atoms with van der Waals surface area (Å²) < 4.78 is 5.08. The molecule has 2 aromatic rings. The topological polar surface area (TPSA) is 77.6 Å². The molecule has 24 heavy (non-hydrogen) atoms. The smallest absolute Gasteiger partial charge is 0.334 e. The molecule has 0 amide bonds. The summed E-state index contributed by atoms with van der Waals surface area (Å²) in [5.74, 6) is 0.0445. The molecule has 0 atom stereocenters. The van der Waals surface area contributed by atoms with E-state index in [9.17, 15) is 4.79 Å². The molecule has 0 spiro atoms. The van der Waals surface area contributed by atoms with E-state index in [1.165, 1.54) is 0 Å². The lowest BCUT2D eigenvalue weighted by Crippen LogP contribution is -2.16. The molecule has 1 aliphatic rings. The Bertz CT molecular complexity index is 853. The number of carbonyl (C=O) groups excluding carboxylic acids is 1. The molecule has 122 valence electrons. The van der Waals surface area contributed by atoms with Gasteiger partial charge in [-0.15, -0.1) is 0 Å². The van der Waals surface area contributed by atoms with Gasteiger partial charge in [-0.3, -0.25) is 4.98 Å². The summed E-state index contributed by atoms with van der Waals surface area (Å²) in [5, 5.41) is 0. The summed E-state index contributed by atoms with van der Waals surface area (Å²) >= 11 is 0. The molecule has 1 aliphatic heterocycles. The fraction of sp³-hybridized carbons (Fsp3) is 0.211. The van der Waals surface area contributed by atoms with Gasteiger partial charge >= 0.3 is 5.97 Å². The number of rotatable bonds is 3. The number of aromatic nitrogens is 1. The Labute approximate surface area is 140 Å².